The zero-order valence-electron chi connectivity index (χ0n) is 11.1. The van der Waals surface area contributed by atoms with Crippen LogP contribution in [-0.2, 0) is 6.42 Å². The fraction of sp³-hybridized carbons (Fsp3) is 0.625. The highest BCUT2D eigenvalue weighted by atomic mass is 16.5. The second-order valence-electron chi connectivity index (χ2n) is 6.09. The standard InChI is InChI=1S/C16H22O2/c1-18-15-5-3-2-4-13(15)10-16(11-17)9-12-6-7-14(16)8-12/h2-5,12,14,17H,6-11H2,1H3. The zero-order valence-corrected chi connectivity index (χ0v) is 11.1. The van der Waals surface area contributed by atoms with Crippen molar-refractivity contribution in [2.75, 3.05) is 13.7 Å². The summed E-state index contributed by atoms with van der Waals surface area (Å²) in [6.07, 6.45) is 6.18. The summed E-state index contributed by atoms with van der Waals surface area (Å²) < 4.78 is 5.44. The lowest BCUT2D eigenvalue weighted by Gasteiger charge is -2.36. The SMILES string of the molecule is COc1ccccc1CC1(CO)CC2CCC1C2. The van der Waals surface area contributed by atoms with Crippen molar-refractivity contribution in [2.24, 2.45) is 17.3 Å². The van der Waals surface area contributed by atoms with Crippen LogP contribution in [0.5, 0.6) is 5.75 Å². The van der Waals surface area contributed by atoms with E-state index in [4.69, 9.17) is 4.74 Å². The number of benzene rings is 1. The van der Waals surface area contributed by atoms with Gasteiger partial charge in [-0.25, -0.2) is 0 Å². The molecular formula is C16H22O2. The van der Waals surface area contributed by atoms with E-state index in [1.807, 2.05) is 12.1 Å². The van der Waals surface area contributed by atoms with Gasteiger partial charge >= 0.3 is 0 Å². The van der Waals surface area contributed by atoms with Gasteiger partial charge in [0.05, 0.1) is 7.11 Å². The van der Waals surface area contributed by atoms with Gasteiger partial charge in [0.15, 0.2) is 0 Å². The molecule has 2 saturated carbocycles. The molecule has 3 atom stereocenters. The first-order chi connectivity index (χ1) is 8.77. The van der Waals surface area contributed by atoms with E-state index in [0.29, 0.717) is 6.61 Å². The third kappa shape index (κ3) is 1.83. The third-order valence-corrected chi connectivity index (χ3v) is 5.15. The molecule has 0 amide bonds. The third-order valence-electron chi connectivity index (χ3n) is 5.15. The van der Waals surface area contributed by atoms with E-state index in [-0.39, 0.29) is 5.41 Å². The highest BCUT2D eigenvalue weighted by Gasteiger charge is 2.50. The molecule has 0 saturated heterocycles. The minimum absolute atomic E-state index is 0.123. The molecule has 2 bridgehead atoms. The van der Waals surface area contributed by atoms with Gasteiger partial charge in [0.2, 0.25) is 0 Å². The summed E-state index contributed by atoms with van der Waals surface area (Å²) in [7, 11) is 1.73. The Kier molecular flexibility index (Phi) is 3.06. The van der Waals surface area contributed by atoms with Gasteiger partial charge in [-0.3, -0.25) is 0 Å². The molecule has 3 unspecified atom stereocenters. The Morgan fingerprint density at radius 3 is 2.78 bits per heavy atom. The number of hydrogen-bond donors (Lipinski definition) is 1. The largest absolute Gasteiger partial charge is 0.496 e. The van der Waals surface area contributed by atoms with Gasteiger partial charge in [0.1, 0.15) is 5.75 Å². The highest BCUT2D eigenvalue weighted by Crippen LogP contribution is 2.57. The molecule has 1 aromatic rings. The monoisotopic (exact) mass is 246 g/mol. The van der Waals surface area contributed by atoms with Gasteiger partial charge in [-0.1, -0.05) is 24.6 Å². The van der Waals surface area contributed by atoms with Crippen LogP contribution in [0, 0.1) is 17.3 Å². The van der Waals surface area contributed by atoms with E-state index in [2.05, 4.69) is 12.1 Å². The van der Waals surface area contributed by atoms with Crippen molar-refractivity contribution in [2.45, 2.75) is 32.1 Å². The maximum Gasteiger partial charge on any atom is 0.122 e. The number of methoxy groups -OCH3 is 1. The lowest BCUT2D eigenvalue weighted by molar-refractivity contribution is 0.0646. The van der Waals surface area contributed by atoms with E-state index in [1.54, 1.807) is 7.11 Å². The lowest BCUT2D eigenvalue weighted by atomic mass is 9.70. The number of fused-ring (bicyclic) bond motifs is 2. The maximum absolute atomic E-state index is 9.92. The van der Waals surface area contributed by atoms with Crippen LogP contribution in [0.15, 0.2) is 24.3 Å². The molecule has 2 fully saturated rings. The van der Waals surface area contributed by atoms with E-state index in [9.17, 15) is 5.11 Å². The number of para-hydroxylation sites is 1. The Balaban J connectivity index is 1.86. The van der Waals surface area contributed by atoms with Crippen LogP contribution in [0.3, 0.4) is 0 Å². The number of hydrogen-bond acceptors (Lipinski definition) is 2. The molecule has 0 radical (unpaired) electrons. The van der Waals surface area contributed by atoms with Crippen molar-refractivity contribution >= 4 is 0 Å². The Hall–Kier alpha value is -1.02. The van der Waals surface area contributed by atoms with Crippen molar-refractivity contribution in [1.82, 2.24) is 0 Å². The van der Waals surface area contributed by atoms with Crippen molar-refractivity contribution < 1.29 is 9.84 Å². The molecular weight excluding hydrogens is 224 g/mol. The normalized spacial score (nSPS) is 33.9. The van der Waals surface area contributed by atoms with Gasteiger partial charge in [0, 0.05) is 12.0 Å². The van der Waals surface area contributed by atoms with Crippen LogP contribution < -0.4 is 4.74 Å². The summed E-state index contributed by atoms with van der Waals surface area (Å²) in [5.74, 6) is 2.54. The first kappa shape index (κ1) is 12.0. The average Bonchev–Trinajstić information content (AvgIpc) is 3.00. The maximum atomic E-state index is 9.92. The minimum Gasteiger partial charge on any atom is -0.496 e. The van der Waals surface area contributed by atoms with Crippen molar-refractivity contribution in [3.63, 3.8) is 0 Å². The van der Waals surface area contributed by atoms with Gasteiger partial charge < -0.3 is 9.84 Å². The van der Waals surface area contributed by atoms with Crippen molar-refractivity contribution in [1.29, 1.82) is 0 Å². The molecule has 1 N–H and O–H groups in total. The smallest absolute Gasteiger partial charge is 0.122 e. The Labute approximate surface area is 109 Å². The molecule has 3 rings (SSSR count). The number of ether oxygens (including phenoxy) is 1. The molecule has 0 aromatic heterocycles. The van der Waals surface area contributed by atoms with Crippen LogP contribution in [0.1, 0.15) is 31.2 Å². The lowest BCUT2D eigenvalue weighted by Crippen LogP contribution is -2.34. The van der Waals surface area contributed by atoms with E-state index >= 15 is 0 Å². The summed E-state index contributed by atoms with van der Waals surface area (Å²) >= 11 is 0. The predicted octanol–water partition coefficient (Wildman–Crippen LogP) is 3.04. The number of aliphatic hydroxyl groups excluding tert-OH is 1. The molecule has 2 heteroatoms. The topological polar surface area (TPSA) is 29.5 Å². The van der Waals surface area contributed by atoms with E-state index in [0.717, 1.165) is 24.0 Å². The Morgan fingerprint density at radius 1 is 1.33 bits per heavy atom. The second-order valence-corrected chi connectivity index (χ2v) is 6.09. The summed E-state index contributed by atoms with van der Waals surface area (Å²) in [5, 5.41) is 9.92. The van der Waals surface area contributed by atoms with Gasteiger partial charge in [-0.15, -0.1) is 0 Å². The number of aliphatic hydroxyl groups is 1. The van der Waals surface area contributed by atoms with E-state index in [1.165, 1.54) is 31.2 Å². The molecule has 98 valence electrons. The van der Waals surface area contributed by atoms with Crippen LogP contribution >= 0.6 is 0 Å². The first-order valence-corrected chi connectivity index (χ1v) is 7.00. The highest BCUT2D eigenvalue weighted by molar-refractivity contribution is 5.34. The van der Waals surface area contributed by atoms with Gasteiger partial charge in [-0.2, -0.15) is 0 Å². The summed E-state index contributed by atoms with van der Waals surface area (Å²) in [4.78, 5) is 0. The van der Waals surface area contributed by atoms with Gasteiger partial charge in [0.25, 0.3) is 0 Å². The molecule has 18 heavy (non-hydrogen) atoms. The Morgan fingerprint density at radius 2 is 2.17 bits per heavy atom. The van der Waals surface area contributed by atoms with Crippen LogP contribution in [0.2, 0.25) is 0 Å². The Bertz CT molecular complexity index is 429. The summed E-state index contributed by atoms with van der Waals surface area (Å²) in [6, 6.07) is 8.24. The molecule has 2 aliphatic rings. The van der Waals surface area contributed by atoms with Crippen molar-refractivity contribution in [3.05, 3.63) is 29.8 Å². The van der Waals surface area contributed by atoms with Gasteiger partial charge in [-0.05, 0) is 49.1 Å². The molecule has 2 aliphatic carbocycles. The second kappa shape index (κ2) is 4.58. The van der Waals surface area contributed by atoms with Crippen LogP contribution in [-0.4, -0.2) is 18.8 Å². The van der Waals surface area contributed by atoms with Crippen molar-refractivity contribution in [3.8, 4) is 5.75 Å². The molecule has 0 aliphatic heterocycles. The molecule has 0 heterocycles. The quantitative estimate of drug-likeness (QED) is 0.885. The zero-order chi connectivity index (χ0) is 12.6. The van der Waals surface area contributed by atoms with Crippen LogP contribution in [0.4, 0.5) is 0 Å². The molecule has 2 nitrogen and oxygen atoms in total. The molecule has 1 aromatic carbocycles. The van der Waals surface area contributed by atoms with E-state index < -0.39 is 0 Å². The fourth-order valence-electron chi connectivity index (χ4n) is 4.25. The first-order valence-electron chi connectivity index (χ1n) is 7.00. The summed E-state index contributed by atoms with van der Waals surface area (Å²) in [5.41, 5.74) is 1.37. The predicted molar refractivity (Wildman–Crippen MR) is 71.7 cm³/mol. The average molecular weight is 246 g/mol. The fourth-order valence-corrected chi connectivity index (χ4v) is 4.25. The summed E-state index contributed by atoms with van der Waals surface area (Å²) in [6.45, 7) is 0.326. The molecule has 0 spiro atoms. The van der Waals surface area contributed by atoms with Crippen LogP contribution in [0.25, 0.3) is 0 Å². The minimum atomic E-state index is 0.123. The number of rotatable bonds is 4.